The molecular weight excluding hydrogens is 364 g/mol. The second-order valence-electron chi connectivity index (χ2n) is 5.15. The van der Waals surface area contributed by atoms with Crippen molar-refractivity contribution >= 4 is 36.9 Å². The Morgan fingerprint density at radius 3 is 2.55 bits per heavy atom. The third kappa shape index (κ3) is 2.46. The van der Waals surface area contributed by atoms with Crippen molar-refractivity contribution in [1.82, 2.24) is 8.96 Å². The molecule has 2 aromatic heterocycles. The van der Waals surface area contributed by atoms with Gasteiger partial charge in [-0.2, -0.15) is 0 Å². The van der Waals surface area contributed by atoms with Crippen molar-refractivity contribution in [2.45, 2.75) is 25.2 Å². The number of rotatable bonds is 3. The van der Waals surface area contributed by atoms with Crippen molar-refractivity contribution in [1.29, 1.82) is 0 Å². The zero-order chi connectivity index (χ0) is 15.9. The van der Waals surface area contributed by atoms with Crippen LogP contribution in [-0.2, 0) is 16.4 Å². The van der Waals surface area contributed by atoms with Crippen LogP contribution in [0.3, 0.4) is 0 Å². The molecule has 0 spiro atoms. The summed E-state index contributed by atoms with van der Waals surface area (Å²) < 4.78 is 27.8. The van der Waals surface area contributed by atoms with E-state index in [1.54, 1.807) is 42.7 Å². The zero-order valence-electron chi connectivity index (χ0n) is 12.2. The number of pyridine rings is 1. The number of aryl methyl sites for hydroxylation is 2. The molecule has 0 saturated carbocycles. The highest BCUT2D eigenvalue weighted by molar-refractivity contribution is 9.10. The average molecular weight is 379 g/mol. The van der Waals surface area contributed by atoms with Crippen molar-refractivity contribution in [2.75, 3.05) is 0 Å². The number of benzene rings is 1. The van der Waals surface area contributed by atoms with Gasteiger partial charge in [0.05, 0.1) is 10.4 Å². The van der Waals surface area contributed by atoms with Crippen LogP contribution in [0.15, 0.2) is 52.2 Å². The standard InChI is InChI=1S/C16H15BrN2O2S/c1-3-12-10-19(15-8-16(17)18-9-14(12)15)22(20,21)13-6-4-11(2)5-7-13/h4-10H,3H2,1-2H3. The fraction of sp³-hybridized carbons (Fsp3) is 0.188. The predicted octanol–water partition coefficient (Wildman–Crippen LogP) is 3.91. The first-order chi connectivity index (χ1) is 10.4. The topological polar surface area (TPSA) is 52.0 Å². The van der Waals surface area contributed by atoms with Crippen LogP contribution in [0, 0.1) is 6.92 Å². The molecule has 0 N–H and O–H groups in total. The van der Waals surface area contributed by atoms with Gasteiger partial charge in [0.25, 0.3) is 10.0 Å². The van der Waals surface area contributed by atoms with Crippen molar-refractivity contribution < 1.29 is 8.42 Å². The molecule has 0 aliphatic rings. The molecule has 0 radical (unpaired) electrons. The highest BCUT2D eigenvalue weighted by Gasteiger charge is 2.21. The van der Waals surface area contributed by atoms with Crippen LogP contribution >= 0.6 is 15.9 Å². The molecule has 0 fully saturated rings. The van der Waals surface area contributed by atoms with Crippen LogP contribution < -0.4 is 0 Å². The number of fused-ring (bicyclic) bond motifs is 1. The van der Waals surface area contributed by atoms with Crippen LogP contribution in [0.1, 0.15) is 18.1 Å². The summed E-state index contributed by atoms with van der Waals surface area (Å²) in [5.74, 6) is 0. The molecule has 3 rings (SSSR count). The quantitative estimate of drug-likeness (QED) is 0.649. The van der Waals surface area contributed by atoms with Crippen molar-refractivity contribution in [3.05, 3.63) is 58.5 Å². The number of aromatic nitrogens is 2. The predicted molar refractivity (Wildman–Crippen MR) is 90.6 cm³/mol. The zero-order valence-corrected chi connectivity index (χ0v) is 14.6. The lowest BCUT2D eigenvalue weighted by atomic mass is 10.2. The Morgan fingerprint density at radius 2 is 1.91 bits per heavy atom. The van der Waals surface area contributed by atoms with Crippen molar-refractivity contribution in [2.24, 2.45) is 0 Å². The van der Waals surface area contributed by atoms with Crippen molar-refractivity contribution in [3.63, 3.8) is 0 Å². The maximum Gasteiger partial charge on any atom is 0.268 e. The maximum atomic E-state index is 12.9. The molecule has 0 unspecified atom stereocenters. The molecule has 114 valence electrons. The van der Waals surface area contributed by atoms with Gasteiger partial charge in [0, 0.05) is 17.8 Å². The van der Waals surface area contributed by atoms with Gasteiger partial charge in [-0.3, -0.25) is 0 Å². The molecule has 22 heavy (non-hydrogen) atoms. The average Bonchev–Trinajstić information content (AvgIpc) is 2.86. The summed E-state index contributed by atoms with van der Waals surface area (Å²) in [5.41, 5.74) is 2.63. The molecule has 0 aliphatic heterocycles. The summed E-state index contributed by atoms with van der Waals surface area (Å²) in [7, 11) is -3.62. The minimum absolute atomic E-state index is 0.283. The summed E-state index contributed by atoms with van der Waals surface area (Å²) in [4.78, 5) is 4.49. The Balaban J connectivity index is 2.29. The first kappa shape index (κ1) is 15.2. The third-order valence-corrected chi connectivity index (χ3v) is 5.79. The normalized spacial score (nSPS) is 12.0. The summed E-state index contributed by atoms with van der Waals surface area (Å²) in [6.45, 7) is 3.93. The van der Waals surface area contributed by atoms with Gasteiger partial charge >= 0.3 is 0 Å². The van der Waals surface area contributed by atoms with Crippen LogP contribution in [0.25, 0.3) is 10.9 Å². The van der Waals surface area contributed by atoms with Crippen LogP contribution in [0.4, 0.5) is 0 Å². The number of hydrogen-bond donors (Lipinski definition) is 0. The van der Waals surface area contributed by atoms with Crippen LogP contribution in [-0.4, -0.2) is 17.4 Å². The van der Waals surface area contributed by atoms with Gasteiger partial charge < -0.3 is 0 Å². The second kappa shape index (κ2) is 5.52. The Kier molecular flexibility index (Phi) is 3.82. The lowest BCUT2D eigenvalue weighted by Gasteiger charge is -2.08. The van der Waals surface area contributed by atoms with Crippen LogP contribution in [0.2, 0.25) is 0 Å². The van der Waals surface area contributed by atoms with Gasteiger partial charge in [-0.1, -0.05) is 24.6 Å². The van der Waals surface area contributed by atoms with Gasteiger partial charge in [0.15, 0.2) is 0 Å². The first-order valence-corrected chi connectivity index (χ1v) is 9.14. The van der Waals surface area contributed by atoms with Crippen LogP contribution in [0.5, 0.6) is 0 Å². The molecule has 0 bridgehead atoms. The monoisotopic (exact) mass is 378 g/mol. The molecule has 6 heteroatoms. The molecule has 4 nitrogen and oxygen atoms in total. The molecule has 0 saturated heterocycles. The third-order valence-electron chi connectivity index (χ3n) is 3.66. The summed E-state index contributed by atoms with van der Waals surface area (Å²) in [5, 5.41) is 0.862. The van der Waals surface area contributed by atoms with Gasteiger partial charge in [-0.05, 0) is 53.0 Å². The molecule has 3 aromatic rings. The van der Waals surface area contributed by atoms with E-state index in [1.807, 2.05) is 13.8 Å². The Bertz CT molecular complexity index is 944. The summed E-state index contributed by atoms with van der Waals surface area (Å²) >= 11 is 3.31. The minimum atomic E-state index is -3.62. The maximum absolute atomic E-state index is 12.9. The van der Waals surface area contributed by atoms with E-state index in [4.69, 9.17) is 0 Å². The summed E-state index contributed by atoms with van der Waals surface area (Å²) in [6, 6.07) is 8.62. The molecule has 0 atom stereocenters. The van der Waals surface area contributed by atoms with Crippen molar-refractivity contribution in [3.8, 4) is 0 Å². The molecule has 1 aromatic carbocycles. The molecule has 0 amide bonds. The smallest absolute Gasteiger partial charge is 0.249 e. The number of nitrogens with zero attached hydrogens (tertiary/aromatic N) is 2. The largest absolute Gasteiger partial charge is 0.268 e. The second-order valence-corrected chi connectivity index (χ2v) is 7.77. The minimum Gasteiger partial charge on any atom is -0.249 e. The lowest BCUT2D eigenvalue weighted by Crippen LogP contribution is -2.11. The van der Waals surface area contributed by atoms with E-state index in [2.05, 4.69) is 20.9 Å². The van der Waals surface area contributed by atoms with E-state index in [0.29, 0.717) is 10.1 Å². The number of halogens is 1. The lowest BCUT2D eigenvalue weighted by molar-refractivity contribution is 0.589. The van der Waals surface area contributed by atoms with E-state index in [0.717, 1.165) is 22.9 Å². The van der Waals surface area contributed by atoms with Gasteiger partial charge in [-0.25, -0.2) is 17.4 Å². The Morgan fingerprint density at radius 1 is 1.23 bits per heavy atom. The van der Waals surface area contributed by atoms with E-state index < -0.39 is 10.0 Å². The van der Waals surface area contributed by atoms with E-state index in [9.17, 15) is 8.42 Å². The van der Waals surface area contributed by atoms with E-state index >= 15 is 0 Å². The number of hydrogen-bond acceptors (Lipinski definition) is 3. The highest BCUT2D eigenvalue weighted by atomic mass is 79.9. The molecular formula is C16H15BrN2O2S. The SMILES string of the molecule is CCc1cn(S(=O)(=O)c2ccc(C)cc2)c2cc(Br)ncc12. The van der Waals surface area contributed by atoms with E-state index in [1.165, 1.54) is 3.97 Å². The van der Waals surface area contributed by atoms with E-state index in [-0.39, 0.29) is 4.90 Å². The summed E-state index contributed by atoms with van der Waals surface area (Å²) in [6.07, 6.45) is 4.14. The molecule has 0 aliphatic carbocycles. The molecule has 2 heterocycles. The van der Waals surface area contributed by atoms with Gasteiger partial charge in [-0.15, -0.1) is 0 Å². The van der Waals surface area contributed by atoms with Gasteiger partial charge in [0.1, 0.15) is 4.60 Å². The first-order valence-electron chi connectivity index (χ1n) is 6.91. The Hall–Kier alpha value is -1.66. The Labute approximate surface area is 138 Å². The fourth-order valence-electron chi connectivity index (χ4n) is 2.43. The highest BCUT2D eigenvalue weighted by Crippen LogP contribution is 2.27. The fourth-order valence-corrected chi connectivity index (χ4v) is 4.14. The van der Waals surface area contributed by atoms with Gasteiger partial charge in [0.2, 0.25) is 0 Å².